The third-order valence-corrected chi connectivity index (χ3v) is 9.84. The Morgan fingerprint density at radius 1 is 1.40 bits per heavy atom. The van der Waals surface area contributed by atoms with Crippen LogP contribution in [-0.2, 0) is 28.6 Å². The number of hydrogen-bond acceptors (Lipinski definition) is 6. The number of hydrogen-bond donors (Lipinski definition) is 0. The normalized spacial score (nSPS) is 47.1. The minimum Gasteiger partial charge on any atom is -0.459 e. The van der Waals surface area contributed by atoms with Gasteiger partial charge in [0.25, 0.3) is 0 Å². The molecule has 7 unspecified atom stereocenters. The van der Waals surface area contributed by atoms with Gasteiger partial charge in [-0.2, -0.15) is 0 Å². The first-order valence-corrected chi connectivity index (χ1v) is 11.5. The lowest BCUT2D eigenvalue weighted by Gasteiger charge is -2.60. The Kier molecular flexibility index (Phi) is 3.68. The summed E-state index contributed by atoms with van der Waals surface area (Å²) in [5, 5.41) is 0.251. The second-order valence-corrected chi connectivity index (χ2v) is 10.8. The first kappa shape index (κ1) is 19.1. The molecule has 0 aromatic rings. The van der Waals surface area contributed by atoms with Gasteiger partial charge in [-0.25, -0.2) is 4.79 Å². The van der Waals surface area contributed by atoms with Crippen molar-refractivity contribution < 1.29 is 28.6 Å². The molecule has 4 fully saturated rings. The van der Waals surface area contributed by atoms with Crippen molar-refractivity contribution in [2.24, 2.45) is 17.8 Å². The van der Waals surface area contributed by atoms with Crippen molar-refractivity contribution in [3.8, 4) is 0 Å². The van der Waals surface area contributed by atoms with E-state index in [2.05, 4.69) is 20.8 Å². The van der Waals surface area contributed by atoms with E-state index in [9.17, 15) is 14.4 Å². The van der Waals surface area contributed by atoms with E-state index < -0.39 is 5.60 Å². The number of aldehydes is 1. The number of fused-ring (bicyclic) bond motifs is 2. The van der Waals surface area contributed by atoms with Crippen LogP contribution in [0.1, 0.15) is 52.9 Å². The predicted molar refractivity (Wildman–Crippen MR) is 108 cm³/mol. The summed E-state index contributed by atoms with van der Waals surface area (Å²) >= 11 is 0. The zero-order valence-electron chi connectivity index (χ0n) is 17.9. The standard InChI is InChI=1S/C23H29BO6/c1-12(2)14-9-17-23-21(3,19(14)30-18(26)5-4-8-25)29-11-16-15-10-28-20(27)13(15)6-7-22(16,23)24(17)23/h8,12,14,16-17,19H,4-7,9-11H2,1-3H3. The molecular formula is C23H29BO6. The van der Waals surface area contributed by atoms with Crippen LogP contribution < -0.4 is 0 Å². The van der Waals surface area contributed by atoms with Crippen molar-refractivity contribution in [3.05, 3.63) is 11.1 Å². The van der Waals surface area contributed by atoms with Crippen molar-refractivity contribution in [2.45, 2.75) is 81.0 Å². The molecule has 0 N–H and O–H groups in total. The van der Waals surface area contributed by atoms with Crippen LogP contribution in [0.4, 0.5) is 0 Å². The van der Waals surface area contributed by atoms with Crippen LogP contribution in [0, 0.1) is 17.8 Å². The Balaban J connectivity index is 1.35. The van der Waals surface area contributed by atoms with Gasteiger partial charge < -0.3 is 19.0 Å². The molecule has 0 aromatic carbocycles. The fourth-order valence-corrected chi connectivity index (χ4v) is 8.82. The Bertz CT molecular complexity index is 896. The summed E-state index contributed by atoms with van der Waals surface area (Å²) in [6, 6.07) is 0. The Morgan fingerprint density at radius 2 is 2.20 bits per heavy atom. The number of cyclic esters (lactones) is 1. The molecule has 2 spiro atoms. The largest absolute Gasteiger partial charge is 0.459 e. The van der Waals surface area contributed by atoms with Gasteiger partial charge in [-0.1, -0.05) is 26.1 Å². The van der Waals surface area contributed by atoms with Crippen LogP contribution in [0.5, 0.6) is 0 Å². The molecule has 1 saturated carbocycles. The van der Waals surface area contributed by atoms with Crippen molar-refractivity contribution in [2.75, 3.05) is 13.2 Å². The molecule has 0 radical (unpaired) electrons. The van der Waals surface area contributed by atoms with E-state index in [0.717, 1.165) is 31.1 Å². The second kappa shape index (κ2) is 5.78. The van der Waals surface area contributed by atoms with Crippen LogP contribution in [0.25, 0.3) is 0 Å². The molecule has 0 aromatic heterocycles. The molecule has 0 amide bonds. The van der Waals surface area contributed by atoms with E-state index in [-0.39, 0.29) is 53.3 Å². The number of carbonyl (C=O) groups is 3. The van der Waals surface area contributed by atoms with Crippen LogP contribution in [0.2, 0.25) is 16.4 Å². The summed E-state index contributed by atoms with van der Waals surface area (Å²) in [5.74, 6) is 1.12. The average Bonchev–Trinajstić information content (AvgIpc) is 3.53. The highest BCUT2D eigenvalue weighted by Crippen LogP contribution is 3.08. The third kappa shape index (κ3) is 1.87. The molecule has 7 atom stereocenters. The Labute approximate surface area is 177 Å². The molecule has 7 heteroatoms. The lowest BCUT2D eigenvalue weighted by molar-refractivity contribution is -0.220. The SMILES string of the molecule is CC(C)C1CC2B3C45CCC6=C(COC6=O)C4COC(C)(C1OC(=O)CCC=O)C325. The first-order valence-electron chi connectivity index (χ1n) is 11.5. The minimum absolute atomic E-state index is 0.0636. The van der Waals surface area contributed by atoms with Gasteiger partial charge in [0.05, 0.1) is 13.0 Å². The van der Waals surface area contributed by atoms with Gasteiger partial charge in [-0.05, 0) is 41.9 Å². The molecule has 6 rings (SSSR count). The molecular weight excluding hydrogens is 383 g/mol. The fourth-order valence-electron chi connectivity index (χ4n) is 8.82. The minimum atomic E-state index is -0.496. The molecule has 30 heavy (non-hydrogen) atoms. The summed E-state index contributed by atoms with van der Waals surface area (Å²) < 4.78 is 18.2. The fraction of sp³-hybridized carbons (Fsp3) is 0.783. The highest BCUT2D eigenvalue weighted by atomic mass is 16.6. The topological polar surface area (TPSA) is 78.9 Å². The van der Waals surface area contributed by atoms with Gasteiger partial charge in [0.2, 0.25) is 0 Å². The van der Waals surface area contributed by atoms with E-state index in [1.807, 2.05) is 0 Å². The molecule has 4 aliphatic heterocycles. The average molecular weight is 412 g/mol. The number of ether oxygens (including phenoxy) is 3. The number of rotatable bonds is 5. The monoisotopic (exact) mass is 412 g/mol. The van der Waals surface area contributed by atoms with Gasteiger partial charge >= 0.3 is 11.9 Å². The first-order chi connectivity index (χ1) is 14.3. The Hall–Kier alpha value is -1.63. The third-order valence-electron chi connectivity index (χ3n) is 9.84. The van der Waals surface area contributed by atoms with Gasteiger partial charge in [-0.3, -0.25) is 4.79 Å². The highest BCUT2D eigenvalue weighted by molar-refractivity contribution is 6.94. The predicted octanol–water partition coefficient (Wildman–Crippen LogP) is 2.98. The van der Waals surface area contributed by atoms with Gasteiger partial charge in [0.15, 0.2) is 6.71 Å². The molecule has 160 valence electrons. The maximum atomic E-state index is 12.5. The number of esters is 2. The van der Waals surface area contributed by atoms with Gasteiger partial charge in [0.1, 0.15) is 24.6 Å². The van der Waals surface area contributed by atoms with Crippen LogP contribution in [0.3, 0.4) is 0 Å². The van der Waals surface area contributed by atoms with Gasteiger partial charge in [0, 0.05) is 23.8 Å². The van der Waals surface area contributed by atoms with Crippen molar-refractivity contribution in [1.82, 2.24) is 0 Å². The van der Waals surface area contributed by atoms with Crippen molar-refractivity contribution >= 4 is 24.9 Å². The van der Waals surface area contributed by atoms with Gasteiger partial charge in [-0.15, -0.1) is 0 Å². The van der Waals surface area contributed by atoms with Crippen molar-refractivity contribution in [1.29, 1.82) is 0 Å². The highest BCUT2D eigenvalue weighted by Gasteiger charge is 3.05. The zero-order valence-corrected chi connectivity index (χ0v) is 17.9. The summed E-state index contributed by atoms with van der Waals surface area (Å²) in [6.45, 7) is 8.18. The van der Waals surface area contributed by atoms with E-state index in [1.165, 1.54) is 5.57 Å². The Morgan fingerprint density at radius 3 is 2.93 bits per heavy atom. The smallest absolute Gasteiger partial charge is 0.334 e. The summed E-state index contributed by atoms with van der Waals surface area (Å²) in [6.07, 6.45) is 3.71. The van der Waals surface area contributed by atoms with Crippen molar-refractivity contribution in [3.63, 3.8) is 0 Å². The molecule has 6 aliphatic rings. The maximum Gasteiger partial charge on any atom is 0.334 e. The van der Waals surface area contributed by atoms with E-state index >= 15 is 0 Å². The van der Waals surface area contributed by atoms with E-state index in [1.54, 1.807) is 0 Å². The lowest BCUT2D eigenvalue weighted by atomic mass is 9.45. The van der Waals surface area contributed by atoms with Crippen LogP contribution in [-0.4, -0.2) is 49.9 Å². The summed E-state index contributed by atoms with van der Waals surface area (Å²) in [5.41, 5.74) is 1.58. The van der Waals surface area contributed by atoms with E-state index in [0.29, 0.717) is 31.7 Å². The maximum absolute atomic E-state index is 12.5. The molecule has 3 saturated heterocycles. The molecule has 0 bridgehead atoms. The second-order valence-electron chi connectivity index (χ2n) is 10.8. The molecule has 2 aliphatic carbocycles. The molecule has 4 heterocycles. The molecule has 6 nitrogen and oxygen atoms in total. The summed E-state index contributed by atoms with van der Waals surface area (Å²) in [7, 11) is 0. The number of carbonyl (C=O) groups excluding carboxylic acids is 3. The summed E-state index contributed by atoms with van der Waals surface area (Å²) in [4.78, 5) is 35.4. The zero-order chi connectivity index (χ0) is 21.1. The quantitative estimate of drug-likeness (QED) is 0.393. The van der Waals surface area contributed by atoms with Crippen LogP contribution >= 0.6 is 0 Å². The van der Waals surface area contributed by atoms with Crippen LogP contribution in [0.15, 0.2) is 11.1 Å². The van der Waals surface area contributed by atoms with E-state index in [4.69, 9.17) is 14.2 Å². The lowest BCUT2D eigenvalue weighted by Crippen LogP contribution is -2.60.